The molecule has 7 heteroatoms. The van der Waals surface area contributed by atoms with E-state index in [1.54, 1.807) is 11.3 Å². The van der Waals surface area contributed by atoms with Gasteiger partial charge >= 0.3 is 0 Å². The highest BCUT2D eigenvalue weighted by Gasteiger charge is 2.33. The number of benzene rings is 1. The lowest BCUT2D eigenvalue weighted by atomic mass is 9.79. The minimum atomic E-state index is -0.254. The highest BCUT2D eigenvalue weighted by atomic mass is 32.1. The van der Waals surface area contributed by atoms with E-state index in [1.807, 2.05) is 17.1 Å². The molecule has 1 amide bonds. The zero-order chi connectivity index (χ0) is 26.1. The molecule has 0 unspecified atom stereocenters. The van der Waals surface area contributed by atoms with Gasteiger partial charge in [-0.05, 0) is 106 Å². The Hall–Kier alpha value is -2.51. The number of carbonyl (C=O) groups is 1. The molecule has 0 radical (unpaired) electrons. The molecule has 3 aromatic rings. The third-order valence-corrected chi connectivity index (χ3v) is 10.1. The van der Waals surface area contributed by atoms with E-state index in [4.69, 9.17) is 0 Å². The summed E-state index contributed by atoms with van der Waals surface area (Å²) in [5.41, 5.74) is 3.52. The zero-order valence-corrected chi connectivity index (χ0v) is 23.3. The van der Waals surface area contributed by atoms with Crippen LogP contribution in [0, 0.1) is 11.8 Å². The molecule has 6 rings (SSSR count). The molecule has 1 N–H and O–H groups in total. The van der Waals surface area contributed by atoms with Gasteiger partial charge in [0.25, 0.3) is 0 Å². The van der Waals surface area contributed by atoms with Gasteiger partial charge in [0, 0.05) is 43.0 Å². The molecule has 3 aliphatic rings. The van der Waals surface area contributed by atoms with Crippen LogP contribution in [-0.2, 0) is 11.3 Å². The van der Waals surface area contributed by atoms with Crippen LogP contribution in [0.3, 0.4) is 0 Å². The number of rotatable bonds is 8. The van der Waals surface area contributed by atoms with E-state index < -0.39 is 0 Å². The van der Waals surface area contributed by atoms with Crippen LogP contribution in [0.15, 0.2) is 42.9 Å². The molecule has 0 spiro atoms. The van der Waals surface area contributed by atoms with Crippen LogP contribution < -0.4 is 4.90 Å². The number of aliphatic hydroxyl groups excluding tert-OH is 1. The summed E-state index contributed by atoms with van der Waals surface area (Å²) < 4.78 is 2.02. The summed E-state index contributed by atoms with van der Waals surface area (Å²) in [4.78, 5) is 21.9. The van der Waals surface area contributed by atoms with Crippen LogP contribution in [-0.4, -0.2) is 38.4 Å². The molecule has 6 nitrogen and oxygen atoms in total. The van der Waals surface area contributed by atoms with E-state index in [0.717, 1.165) is 75.7 Å². The van der Waals surface area contributed by atoms with E-state index in [1.165, 1.54) is 28.3 Å². The Morgan fingerprint density at radius 2 is 1.79 bits per heavy atom. The number of hydrogen-bond acceptors (Lipinski definition) is 5. The fourth-order valence-corrected chi connectivity index (χ4v) is 7.42. The van der Waals surface area contributed by atoms with Crippen molar-refractivity contribution in [3.63, 3.8) is 0 Å². The average Bonchev–Trinajstić information content (AvgIpc) is 3.48. The molecular formula is C31H40N4O2S. The number of carbonyl (C=O) groups excluding carboxylic acids is 1. The van der Waals surface area contributed by atoms with Gasteiger partial charge in [-0.2, -0.15) is 5.10 Å². The van der Waals surface area contributed by atoms with Crippen molar-refractivity contribution in [2.45, 2.75) is 95.6 Å². The van der Waals surface area contributed by atoms with Crippen molar-refractivity contribution < 1.29 is 9.90 Å². The van der Waals surface area contributed by atoms with Crippen LogP contribution in [0.2, 0.25) is 0 Å². The number of aryl methyl sites for hydroxylation is 1. The van der Waals surface area contributed by atoms with E-state index in [2.05, 4.69) is 52.4 Å². The van der Waals surface area contributed by atoms with Crippen LogP contribution >= 0.6 is 11.3 Å². The van der Waals surface area contributed by atoms with Gasteiger partial charge in [0.2, 0.25) is 5.91 Å². The number of nitrogens with zero attached hydrogens (tertiary/aromatic N) is 4. The lowest BCUT2D eigenvalue weighted by molar-refractivity contribution is -0.124. The van der Waals surface area contributed by atoms with Crippen LogP contribution in [0.4, 0.5) is 5.69 Å². The largest absolute Gasteiger partial charge is 0.393 e. The van der Waals surface area contributed by atoms with Crippen molar-refractivity contribution in [2.24, 2.45) is 11.8 Å². The second kappa shape index (κ2) is 11.3. The maximum atomic E-state index is 14.0. The quantitative estimate of drug-likeness (QED) is 0.348. The van der Waals surface area contributed by atoms with Gasteiger partial charge in [0.15, 0.2) is 0 Å². The number of aliphatic hydroxyl groups is 1. The number of anilines is 1. The lowest BCUT2D eigenvalue weighted by Gasteiger charge is -2.35. The minimum absolute atomic E-state index is 0.00292. The summed E-state index contributed by atoms with van der Waals surface area (Å²) in [7, 11) is 0. The summed E-state index contributed by atoms with van der Waals surface area (Å²) in [5, 5.41) is 15.8. The van der Waals surface area contributed by atoms with Gasteiger partial charge in [-0.15, -0.1) is 11.3 Å². The molecule has 2 aromatic heterocycles. The first-order valence-corrected chi connectivity index (χ1v) is 15.5. The van der Waals surface area contributed by atoms with E-state index in [9.17, 15) is 9.90 Å². The minimum Gasteiger partial charge on any atom is -0.393 e. The zero-order valence-electron chi connectivity index (χ0n) is 22.5. The highest BCUT2D eigenvalue weighted by Crippen LogP contribution is 2.44. The summed E-state index contributed by atoms with van der Waals surface area (Å²) in [5.74, 6) is 1.97. The van der Waals surface area contributed by atoms with Crippen molar-refractivity contribution in [2.75, 3.05) is 11.4 Å². The molecular weight excluding hydrogens is 492 g/mol. The molecule has 0 saturated heterocycles. The van der Waals surface area contributed by atoms with Crippen molar-refractivity contribution in [1.82, 2.24) is 14.8 Å². The Morgan fingerprint density at radius 3 is 2.50 bits per heavy atom. The lowest BCUT2D eigenvalue weighted by Crippen LogP contribution is -2.41. The van der Waals surface area contributed by atoms with E-state index in [-0.39, 0.29) is 17.9 Å². The average molecular weight is 533 g/mol. The fourth-order valence-electron chi connectivity index (χ4n) is 6.33. The standard InChI is InChI=1S/C31H40N4O2S/c1-2-34-20-26(17-33-34)22-8-6-21(7-9-22)19-35(31(37)24-12-14-28(36)15-13-24)27-5-3-4-25(16-27)29-18-32-30(38-29)23-10-11-23/h3-5,16-18,20-24,28,36H,2,6-15,19H2,1H3. The number of amides is 1. The first-order valence-electron chi connectivity index (χ1n) is 14.6. The first kappa shape index (κ1) is 25.8. The topological polar surface area (TPSA) is 71.2 Å². The maximum absolute atomic E-state index is 14.0. The predicted octanol–water partition coefficient (Wildman–Crippen LogP) is 6.76. The molecule has 2 heterocycles. The maximum Gasteiger partial charge on any atom is 0.230 e. The Bertz CT molecular complexity index is 1230. The van der Waals surface area contributed by atoms with Gasteiger partial charge in [0.05, 0.1) is 22.2 Å². The van der Waals surface area contributed by atoms with Gasteiger partial charge in [0.1, 0.15) is 0 Å². The molecule has 3 saturated carbocycles. The van der Waals surface area contributed by atoms with Crippen molar-refractivity contribution in [1.29, 1.82) is 0 Å². The molecule has 3 fully saturated rings. The van der Waals surface area contributed by atoms with Crippen molar-refractivity contribution >= 4 is 22.9 Å². The van der Waals surface area contributed by atoms with E-state index in [0.29, 0.717) is 17.8 Å². The molecule has 1 aromatic carbocycles. The van der Waals surface area contributed by atoms with E-state index >= 15 is 0 Å². The fraction of sp³-hybridized carbons (Fsp3) is 0.581. The summed E-state index contributed by atoms with van der Waals surface area (Å²) in [6.45, 7) is 3.81. The van der Waals surface area contributed by atoms with Gasteiger partial charge in [-0.1, -0.05) is 12.1 Å². The van der Waals surface area contributed by atoms with Gasteiger partial charge < -0.3 is 10.0 Å². The molecule has 202 valence electrons. The van der Waals surface area contributed by atoms with Gasteiger partial charge in [-0.3, -0.25) is 9.48 Å². The predicted molar refractivity (Wildman–Crippen MR) is 152 cm³/mol. The third-order valence-electron chi connectivity index (χ3n) is 8.94. The second-order valence-electron chi connectivity index (χ2n) is 11.7. The third kappa shape index (κ3) is 5.74. The van der Waals surface area contributed by atoms with Crippen LogP contribution in [0.1, 0.15) is 93.5 Å². The number of hydrogen-bond donors (Lipinski definition) is 1. The van der Waals surface area contributed by atoms with Crippen molar-refractivity contribution in [3.8, 4) is 10.4 Å². The Kier molecular flexibility index (Phi) is 7.66. The Labute approximate surface area is 230 Å². The SMILES string of the molecule is CCn1cc(C2CCC(CN(C(=O)C3CCC(O)CC3)c3cccc(-c4cnc(C5CC5)s4)c3)CC2)cn1. The highest BCUT2D eigenvalue weighted by molar-refractivity contribution is 7.15. The molecule has 3 aliphatic carbocycles. The Morgan fingerprint density at radius 1 is 1.03 bits per heavy atom. The van der Waals surface area contributed by atoms with Crippen LogP contribution in [0.5, 0.6) is 0 Å². The number of aromatic nitrogens is 3. The van der Waals surface area contributed by atoms with Crippen LogP contribution in [0.25, 0.3) is 10.4 Å². The smallest absolute Gasteiger partial charge is 0.230 e. The summed E-state index contributed by atoms with van der Waals surface area (Å²) >= 11 is 1.80. The second-order valence-corrected chi connectivity index (χ2v) is 12.8. The first-order chi connectivity index (χ1) is 18.6. The normalized spacial score (nSPS) is 25.8. The Balaban J connectivity index is 1.19. The summed E-state index contributed by atoms with van der Waals surface area (Å²) in [6, 6.07) is 8.54. The molecule has 38 heavy (non-hydrogen) atoms. The summed E-state index contributed by atoms with van der Waals surface area (Å²) in [6.07, 6.45) is 16.1. The molecule has 0 bridgehead atoms. The molecule has 0 aliphatic heterocycles. The number of thiazole rings is 1. The monoisotopic (exact) mass is 532 g/mol. The van der Waals surface area contributed by atoms with Gasteiger partial charge in [-0.25, -0.2) is 4.98 Å². The van der Waals surface area contributed by atoms with Crippen molar-refractivity contribution in [3.05, 3.63) is 53.4 Å². The molecule has 0 atom stereocenters.